The Kier molecular flexibility index (Phi) is 1.66. The predicted octanol–water partition coefficient (Wildman–Crippen LogP) is 1.36. The van der Waals surface area contributed by atoms with Crippen molar-refractivity contribution in [1.29, 1.82) is 0 Å². The zero-order valence-corrected chi connectivity index (χ0v) is 5.76. The summed E-state index contributed by atoms with van der Waals surface area (Å²) in [6.07, 6.45) is 3.47. The van der Waals surface area contributed by atoms with Crippen molar-refractivity contribution in [3.05, 3.63) is 12.7 Å². The minimum absolute atomic E-state index is 0.145. The monoisotopic (exact) mass is 141 g/mol. The van der Waals surface area contributed by atoms with Gasteiger partial charge in [-0.3, -0.25) is 0 Å². The van der Waals surface area contributed by atoms with Crippen LogP contribution in [-0.4, -0.2) is 16.7 Å². The average Bonchev–Trinajstić information content (AvgIpc) is 2.47. The maximum atomic E-state index is 10.2. The number of carboxylic acid groups (broad SMARTS) is 1. The van der Waals surface area contributed by atoms with Crippen LogP contribution in [0.1, 0.15) is 19.3 Å². The molecule has 0 atom stereocenters. The molecule has 56 valence electrons. The van der Waals surface area contributed by atoms with Crippen LogP contribution < -0.4 is 5.32 Å². The minimum atomic E-state index is -0.931. The van der Waals surface area contributed by atoms with Crippen LogP contribution in [0.25, 0.3) is 0 Å². The molecular weight excluding hydrogens is 130 g/mol. The second-order valence-electron chi connectivity index (χ2n) is 2.70. The van der Waals surface area contributed by atoms with Gasteiger partial charge in [-0.1, -0.05) is 6.08 Å². The third kappa shape index (κ3) is 1.50. The summed E-state index contributed by atoms with van der Waals surface area (Å²) in [4.78, 5) is 10.2. The number of hydrogen-bond donors (Lipinski definition) is 2. The van der Waals surface area contributed by atoms with Gasteiger partial charge in [0.1, 0.15) is 0 Å². The zero-order chi connectivity index (χ0) is 7.61. The van der Waals surface area contributed by atoms with Crippen molar-refractivity contribution in [2.45, 2.75) is 24.8 Å². The molecule has 1 aliphatic carbocycles. The van der Waals surface area contributed by atoms with Crippen LogP contribution in [0.15, 0.2) is 12.7 Å². The van der Waals surface area contributed by atoms with Crippen molar-refractivity contribution < 1.29 is 9.90 Å². The Morgan fingerprint density at radius 1 is 1.80 bits per heavy atom. The predicted molar refractivity (Wildman–Crippen MR) is 37.9 cm³/mol. The first kappa shape index (κ1) is 7.12. The smallest absolute Gasteiger partial charge is 0.405 e. The highest BCUT2D eigenvalue weighted by atomic mass is 16.4. The van der Waals surface area contributed by atoms with E-state index in [1.54, 1.807) is 6.08 Å². The number of rotatable bonds is 3. The van der Waals surface area contributed by atoms with Gasteiger partial charge in [0.25, 0.3) is 0 Å². The number of amides is 1. The third-order valence-corrected chi connectivity index (χ3v) is 1.76. The molecule has 0 heterocycles. The molecule has 1 fully saturated rings. The number of carbonyl (C=O) groups is 1. The van der Waals surface area contributed by atoms with Crippen LogP contribution in [0.4, 0.5) is 4.79 Å². The van der Waals surface area contributed by atoms with E-state index in [0.717, 1.165) is 19.3 Å². The Labute approximate surface area is 59.7 Å². The van der Waals surface area contributed by atoms with E-state index in [2.05, 4.69) is 11.9 Å². The van der Waals surface area contributed by atoms with E-state index >= 15 is 0 Å². The van der Waals surface area contributed by atoms with Gasteiger partial charge in [0.15, 0.2) is 0 Å². The van der Waals surface area contributed by atoms with Crippen LogP contribution in [-0.2, 0) is 0 Å². The molecule has 0 aromatic rings. The number of hydrogen-bond acceptors (Lipinski definition) is 1. The second-order valence-corrected chi connectivity index (χ2v) is 2.70. The molecule has 0 spiro atoms. The lowest BCUT2D eigenvalue weighted by Crippen LogP contribution is -2.34. The molecule has 0 aromatic carbocycles. The van der Waals surface area contributed by atoms with Gasteiger partial charge in [-0.05, 0) is 19.3 Å². The molecule has 10 heavy (non-hydrogen) atoms. The molecule has 2 N–H and O–H groups in total. The quantitative estimate of drug-likeness (QED) is 0.583. The molecule has 0 saturated heterocycles. The van der Waals surface area contributed by atoms with Gasteiger partial charge in [0.2, 0.25) is 0 Å². The van der Waals surface area contributed by atoms with Gasteiger partial charge in [-0.2, -0.15) is 0 Å². The second kappa shape index (κ2) is 2.33. The zero-order valence-electron chi connectivity index (χ0n) is 5.76. The van der Waals surface area contributed by atoms with E-state index < -0.39 is 6.09 Å². The molecular formula is C7H11NO2. The van der Waals surface area contributed by atoms with Crippen LogP contribution >= 0.6 is 0 Å². The first-order valence-corrected chi connectivity index (χ1v) is 3.30. The van der Waals surface area contributed by atoms with E-state index in [-0.39, 0.29) is 5.54 Å². The maximum Gasteiger partial charge on any atom is 0.405 e. The van der Waals surface area contributed by atoms with Crippen molar-refractivity contribution in [2.24, 2.45) is 0 Å². The van der Waals surface area contributed by atoms with Crippen LogP contribution in [0.2, 0.25) is 0 Å². The highest BCUT2D eigenvalue weighted by molar-refractivity contribution is 5.66. The Balaban J connectivity index is 2.37. The van der Waals surface area contributed by atoms with Gasteiger partial charge in [0.05, 0.1) is 0 Å². The third-order valence-electron chi connectivity index (χ3n) is 1.76. The summed E-state index contributed by atoms with van der Waals surface area (Å²) in [7, 11) is 0. The average molecular weight is 141 g/mol. The molecule has 1 amide bonds. The van der Waals surface area contributed by atoms with Gasteiger partial charge in [0, 0.05) is 5.54 Å². The highest BCUT2D eigenvalue weighted by Crippen LogP contribution is 2.38. The summed E-state index contributed by atoms with van der Waals surface area (Å²) in [6.45, 7) is 3.56. The maximum absolute atomic E-state index is 10.2. The fraction of sp³-hybridized carbons (Fsp3) is 0.571. The van der Waals surface area contributed by atoms with Crippen molar-refractivity contribution in [2.75, 3.05) is 0 Å². The van der Waals surface area contributed by atoms with Crippen LogP contribution in [0.3, 0.4) is 0 Å². The topological polar surface area (TPSA) is 49.3 Å². The summed E-state index contributed by atoms with van der Waals surface area (Å²) in [5.74, 6) is 0. The molecule has 0 radical (unpaired) electrons. The van der Waals surface area contributed by atoms with Crippen molar-refractivity contribution >= 4 is 6.09 Å². The summed E-state index contributed by atoms with van der Waals surface area (Å²) in [5, 5.41) is 10.8. The lowest BCUT2D eigenvalue weighted by molar-refractivity contribution is 0.188. The number of nitrogens with one attached hydrogen (secondary N) is 1. The standard InChI is InChI=1S/C7H11NO2/c1-2-3-7(4-5-7)8-6(9)10/h2,8H,1,3-5H2,(H,9,10). The Morgan fingerprint density at radius 3 is 2.70 bits per heavy atom. The molecule has 0 aromatic heterocycles. The van der Waals surface area contributed by atoms with E-state index in [0.29, 0.717) is 0 Å². The first-order valence-electron chi connectivity index (χ1n) is 3.30. The summed E-state index contributed by atoms with van der Waals surface area (Å²) in [5.41, 5.74) is -0.145. The highest BCUT2D eigenvalue weighted by Gasteiger charge is 2.42. The summed E-state index contributed by atoms with van der Waals surface area (Å²) in [6, 6.07) is 0. The SMILES string of the molecule is C=CCC1(NC(=O)O)CC1. The fourth-order valence-electron chi connectivity index (χ4n) is 1.03. The van der Waals surface area contributed by atoms with Crippen LogP contribution in [0, 0.1) is 0 Å². The fourth-order valence-corrected chi connectivity index (χ4v) is 1.03. The van der Waals surface area contributed by atoms with Crippen molar-refractivity contribution in [1.82, 2.24) is 5.32 Å². The molecule has 1 rings (SSSR count). The van der Waals surface area contributed by atoms with Crippen molar-refractivity contribution in [3.8, 4) is 0 Å². The van der Waals surface area contributed by atoms with E-state index in [1.165, 1.54) is 0 Å². The molecule has 0 unspecified atom stereocenters. The molecule has 3 heteroatoms. The molecule has 1 aliphatic rings. The van der Waals surface area contributed by atoms with Gasteiger partial charge >= 0.3 is 6.09 Å². The van der Waals surface area contributed by atoms with E-state index in [9.17, 15) is 4.79 Å². The normalized spacial score (nSPS) is 19.6. The largest absolute Gasteiger partial charge is 0.465 e. The molecule has 3 nitrogen and oxygen atoms in total. The lowest BCUT2D eigenvalue weighted by atomic mass is 10.2. The van der Waals surface area contributed by atoms with Crippen molar-refractivity contribution in [3.63, 3.8) is 0 Å². The van der Waals surface area contributed by atoms with Gasteiger partial charge in [-0.15, -0.1) is 6.58 Å². The first-order chi connectivity index (χ1) is 4.68. The Morgan fingerprint density at radius 2 is 2.40 bits per heavy atom. The molecule has 0 aliphatic heterocycles. The lowest BCUT2D eigenvalue weighted by Gasteiger charge is -2.10. The van der Waals surface area contributed by atoms with Gasteiger partial charge in [-0.25, -0.2) is 4.79 Å². The minimum Gasteiger partial charge on any atom is -0.465 e. The molecule has 1 saturated carbocycles. The Bertz CT molecular complexity index is 161. The van der Waals surface area contributed by atoms with Gasteiger partial charge < -0.3 is 10.4 Å². The summed E-state index contributed by atoms with van der Waals surface area (Å²) < 4.78 is 0. The van der Waals surface area contributed by atoms with E-state index in [4.69, 9.17) is 5.11 Å². The van der Waals surface area contributed by atoms with Crippen LogP contribution in [0.5, 0.6) is 0 Å². The summed E-state index contributed by atoms with van der Waals surface area (Å²) >= 11 is 0. The van der Waals surface area contributed by atoms with E-state index in [1.807, 2.05) is 0 Å². The molecule has 0 bridgehead atoms. The Hall–Kier alpha value is -0.990.